The van der Waals surface area contributed by atoms with Crippen molar-refractivity contribution in [3.63, 3.8) is 0 Å². The average molecular weight is 561 g/mol. The fraction of sp³-hybridized carbons (Fsp3) is 0.0800. The highest BCUT2D eigenvalue weighted by Gasteiger charge is 2.37. The van der Waals surface area contributed by atoms with Gasteiger partial charge in [0.25, 0.3) is 11.8 Å². The van der Waals surface area contributed by atoms with E-state index < -0.39 is 28.0 Å². The van der Waals surface area contributed by atoms with Crippen LogP contribution in [0.15, 0.2) is 77.2 Å². The Hall–Kier alpha value is -3.86. The molecule has 0 saturated carbocycles. The molecular formula is C25H18Cl2N2O7S. The van der Waals surface area contributed by atoms with Gasteiger partial charge in [0.05, 0.1) is 17.3 Å². The molecule has 0 aromatic heterocycles. The van der Waals surface area contributed by atoms with Crippen molar-refractivity contribution < 1.29 is 31.7 Å². The summed E-state index contributed by atoms with van der Waals surface area (Å²) in [4.78, 5) is 38.7. The van der Waals surface area contributed by atoms with Crippen LogP contribution in [-0.2, 0) is 19.7 Å². The lowest BCUT2D eigenvalue weighted by Crippen LogP contribution is -2.54. The molecule has 4 amide bonds. The van der Waals surface area contributed by atoms with E-state index in [0.29, 0.717) is 10.6 Å². The highest BCUT2D eigenvalue weighted by atomic mass is 35.5. The quantitative estimate of drug-likeness (QED) is 0.250. The number of carbonyl (C=O) groups is 3. The Kier molecular flexibility index (Phi) is 7.53. The Bertz CT molecular complexity index is 1540. The first-order valence-corrected chi connectivity index (χ1v) is 12.9. The van der Waals surface area contributed by atoms with Gasteiger partial charge in [0.15, 0.2) is 11.5 Å². The van der Waals surface area contributed by atoms with Crippen LogP contribution in [0.4, 0.5) is 10.5 Å². The molecule has 0 bridgehead atoms. The van der Waals surface area contributed by atoms with E-state index in [-0.39, 0.29) is 39.3 Å². The second-order valence-electron chi connectivity index (χ2n) is 7.54. The van der Waals surface area contributed by atoms with Crippen molar-refractivity contribution in [1.29, 1.82) is 0 Å². The Labute approximate surface area is 222 Å². The summed E-state index contributed by atoms with van der Waals surface area (Å²) < 4.78 is 36.2. The molecule has 0 unspecified atom stereocenters. The van der Waals surface area contributed by atoms with Crippen LogP contribution in [0.5, 0.6) is 11.5 Å². The van der Waals surface area contributed by atoms with Crippen molar-refractivity contribution in [3.8, 4) is 11.5 Å². The lowest BCUT2D eigenvalue weighted by atomic mass is 10.1. The molecule has 12 heteroatoms. The van der Waals surface area contributed by atoms with Crippen LogP contribution in [0.25, 0.3) is 6.08 Å². The minimum Gasteiger partial charge on any atom is -0.490 e. The Morgan fingerprint density at radius 2 is 1.65 bits per heavy atom. The largest absolute Gasteiger partial charge is 0.490 e. The maximum Gasteiger partial charge on any atom is 0.339 e. The van der Waals surface area contributed by atoms with Crippen molar-refractivity contribution in [2.45, 2.75) is 11.8 Å². The van der Waals surface area contributed by atoms with Crippen LogP contribution in [0, 0.1) is 0 Å². The minimum atomic E-state index is -4.21. The van der Waals surface area contributed by atoms with Crippen LogP contribution in [-0.4, -0.2) is 32.9 Å². The zero-order chi connectivity index (χ0) is 26.7. The third-order valence-corrected chi connectivity index (χ3v) is 6.90. The summed E-state index contributed by atoms with van der Waals surface area (Å²) in [7, 11) is -4.21. The monoisotopic (exact) mass is 560 g/mol. The number of hydrogen-bond acceptors (Lipinski definition) is 7. The molecule has 190 valence electrons. The predicted molar refractivity (Wildman–Crippen MR) is 137 cm³/mol. The predicted octanol–water partition coefficient (Wildman–Crippen LogP) is 4.83. The third-order valence-electron chi connectivity index (χ3n) is 5.08. The van der Waals surface area contributed by atoms with Gasteiger partial charge in [0.1, 0.15) is 10.5 Å². The Morgan fingerprint density at radius 3 is 2.32 bits per heavy atom. The first-order valence-electron chi connectivity index (χ1n) is 10.7. The number of carbonyl (C=O) groups excluding carboxylic acids is 3. The van der Waals surface area contributed by atoms with E-state index in [9.17, 15) is 22.8 Å². The fourth-order valence-electron chi connectivity index (χ4n) is 3.40. The van der Waals surface area contributed by atoms with Crippen molar-refractivity contribution in [1.82, 2.24) is 5.32 Å². The number of nitrogens with zero attached hydrogens (tertiary/aromatic N) is 1. The first kappa shape index (κ1) is 26.2. The van der Waals surface area contributed by atoms with Crippen LogP contribution >= 0.6 is 23.2 Å². The first-order chi connectivity index (χ1) is 17.6. The maximum atomic E-state index is 13.1. The third kappa shape index (κ3) is 5.61. The lowest BCUT2D eigenvalue weighted by Gasteiger charge is -2.27. The molecular weight excluding hydrogens is 543 g/mol. The normalized spacial score (nSPS) is 15.1. The van der Waals surface area contributed by atoms with E-state index >= 15 is 0 Å². The van der Waals surface area contributed by atoms with Crippen LogP contribution in [0.3, 0.4) is 0 Å². The number of nitrogens with one attached hydrogen (secondary N) is 1. The molecule has 1 aliphatic rings. The molecule has 4 rings (SSSR count). The molecule has 1 N–H and O–H groups in total. The average Bonchev–Trinajstić information content (AvgIpc) is 2.84. The van der Waals surface area contributed by atoms with E-state index in [4.69, 9.17) is 32.1 Å². The number of amides is 4. The number of urea groups is 1. The summed E-state index contributed by atoms with van der Waals surface area (Å²) in [5.74, 6) is -1.84. The number of ether oxygens (including phenoxy) is 1. The van der Waals surface area contributed by atoms with Gasteiger partial charge in [0, 0.05) is 5.02 Å². The molecule has 0 atom stereocenters. The SMILES string of the molecule is CCOc1cc(/C=C2\C(=O)NC(=O)N(c3ccccc3Cl)C2=O)ccc1OS(=O)(=O)c1ccc(Cl)cc1. The second-order valence-corrected chi connectivity index (χ2v) is 9.93. The summed E-state index contributed by atoms with van der Waals surface area (Å²) in [6, 6.07) is 14.8. The molecule has 9 nitrogen and oxygen atoms in total. The zero-order valence-electron chi connectivity index (χ0n) is 19.1. The molecule has 0 spiro atoms. The number of para-hydroxylation sites is 1. The molecule has 1 fully saturated rings. The van der Waals surface area contributed by atoms with Crippen molar-refractivity contribution in [2.75, 3.05) is 11.5 Å². The minimum absolute atomic E-state index is 0.0529. The molecule has 3 aromatic carbocycles. The smallest absolute Gasteiger partial charge is 0.339 e. The fourth-order valence-corrected chi connectivity index (χ4v) is 4.68. The molecule has 3 aromatic rings. The molecule has 37 heavy (non-hydrogen) atoms. The van der Waals surface area contributed by atoms with Crippen LogP contribution < -0.4 is 19.1 Å². The van der Waals surface area contributed by atoms with Gasteiger partial charge in [-0.25, -0.2) is 9.69 Å². The standard InChI is InChI=1S/C25H18Cl2N2O7S/c1-2-35-22-14-15(7-12-21(22)36-37(33,34)17-10-8-16(26)9-11-17)13-18-23(30)28-25(32)29(24(18)31)20-6-4-3-5-19(20)27/h3-14H,2H2,1H3,(H,28,30,32)/b18-13+. The van der Waals surface area contributed by atoms with E-state index in [1.165, 1.54) is 60.7 Å². The molecule has 0 radical (unpaired) electrons. The van der Waals surface area contributed by atoms with Gasteiger partial charge in [-0.15, -0.1) is 0 Å². The highest BCUT2D eigenvalue weighted by molar-refractivity contribution is 7.87. The number of rotatable bonds is 7. The number of barbiturate groups is 1. The highest BCUT2D eigenvalue weighted by Crippen LogP contribution is 2.33. The molecule has 1 saturated heterocycles. The number of halogens is 2. The van der Waals surface area contributed by atoms with E-state index in [1.54, 1.807) is 19.1 Å². The zero-order valence-corrected chi connectivity index (χ0v) is 21.4. The van der Waals surface area contributed by atoms with Gasteiger partial charge in [-0.3, -0.25) is 14.9 Å². The van der Waals surface area contributed by atoms with Crippen LogP contribution in [0.2, 0.25) is 10.0 Å². The Morgan fingerprint density at radius 1 is 0.946 bits per heavy atom. The molecule has 0 aliphatic carbocycles. The summed E-state index contributed by atoms with van der Waals surface area (Å²) in [5.41, 5.74) is 0.0762. The number of hydrogen-bond donors (Lipinski definition) is 1. The van der Waals surface area contributed by atoms with Gasteiger partial charge in [-0.05, 0) is 67.1 Å². The van der Waals surface area contributed by atoms with Gasteiger partial charge in [0.2, 0.25) is 0 Å². The van der Waals surface area contributed by atoms with Crippen molar-refractivity contribution in [3.05, 3.63) is 87.9 Å². The van der Waals surface area contributed by atoms with Crippen LogP contribution in [0.1, 0.15) is 12.5 Å². The van der Waals surface area contributed by atoms with E-state index in [0.717, 1.165) is 4.90 Å². The van der Waals surface area contributed by atoms with Gasteiger partial charge < -0.3 is 8.92 Å². The number of benzene rings is 3. The summed E-state index contributed by atoms with van der Waals surface area (Å²) in [6.45, 7) is 1.86. The summed E-state index contributed by atoms with van der Waals surface area (Å²) in [5, 5.41) is 2.62. The lowest BCUT2D eigenvalue weighted by molar-refractivity contribution is -0.122. The molecule has 1 aliphatic heterocycles. The van der Waals surface area contributed by atoms with Gasteiger partial charge in [-0.2, -0.15) is 8.42 Å². The topological polar surface area (TPSA) is 119 Å². The number of imide groups is 2. The number of anilines is 1. The Balaban J connectivity index is 1.68. The van der Waals surface area contributed by atoms with Gasteiger partial charge >= 0.3 is 16.1 Å². The maximum absolute atomic E-state index is 13.1. The van der Waals surface area contributed by atoms with E-state index in [2.05, 4.69) is 5.32 Å². The summed E-state index contributed by atoms with van der Waals surface area (Å²) in [6.07, 6.45) is 1.24. The summed E-state index contributed by atoms with van der Waals surface area (Å²) >= 11 is 12.0. The second kappa shape index (κ2) is 10.6. The molecule has 1 heterocycles. The van der Waals surface area contributed by atoms with E-state index in [1.807, 2.05) is 0 Å². The van der Waals surface area contributed by atoms with Crippen molar-refractivity contribution in [2.24, 2.45) is 0 Å². The van der Waals surface area contributed by atoms with Gasteiger partial charge in [-0.1, -0.05) is 41.4 Å². The van der Waals surface area contributed by atoms with Crippen molar-refractivity contribution >= 4 is 62.9 Å².